The van der Waals surface area contributed by atoms with Crippen LogP contribution in [0.25, 0.3) is 0 Å². The number of carbonyl (C=O) groups is 2. The van der Waals surface area contributed by atoms with E-state index in [1.54, 1.807) is 36.4 Å². The highest BCUT2D eigenvalue weighted by atomic mass is 32.2. The second-order valence-electron chi connectivity index (χ2n) is 10.6. The number of rotatable bonds is 15. The van der Waals surface area contributed by atoms with E-state index in [9.17, 15) is 22.4 Å². The minimum absolute atomic E-state index is 0.00882. The van der Waals surface area contributed by atoms with Crippen LogP contribution in [0.4, 0.5) is 10.1 Å². The van der Waals surface area contributed by atoms with Crippen molar-refractivity contribution in [2.24, 2.45) is 5.92 Å². The Labute approximate surface area is 248 Å². The second kappa shape index (κ2) is 15.3. The molecule has 1 atom stereocenters. The van der Waals surface area contributed by atoms with Crippen molar-refractivity contribution in [3.8, 4) is 5.75 Å². The van der Waals surface area contributed by atoms with Gasteiger partial charge in [0.1, 0.15) is 17.6 Å². The molecular weight excluding hydrogens is 557 g/mol. The lowest BCUT2D eigenvalue weighted by Gasteiger charge is -2.32. The highest BCUT2D eigenvalue weighted by molar-refractivity contribution is 7.92. The van der Waals surface area contributed by atoms with E-state index in [4.69, 9.17) is 4.74 Å². The Bertz CT molecular complexity index is 1420. The fourth-order valence-corrected chi connectivity index (χ4v) is 5.55. The minimum atomic E-state index is -3.68. The summed E-state index contributed by atoms with van der Waals surface area (Å²) in [5, 5.41) is 2.97. The van der Waals surface area contributed by atoms with E-state index in [1.807, 2.05) is 44.2 Å². The van der Waals surface area contributed by atoms with Gasteiger partial charge in [-0.25, -0.2) is 12.8 Å². The van der Waals surface area contributed by atoms with Crippen LogP contribution in [-0.4, -0.2) is 57.6 Å². The zero-order valence-electron chi connectivity index (χ0n) is 24.6. The van der Waals surface area contributed by atoms with E-state index < -0.39 is 21.9 Å². The monoisotopic (exact) mass is 597 g/mol. The molecule has 3 rings (SSSR count). The number of hydrogen-bond acceptors (Lipinski definition) is 5. The van der Waals surface area contributed by atoms with Crippen molar-refractivity contribution in [3.05, 3.63) is 95.8 Å². The highest BCUT2D eigenvalue weighted by Crippen LogP contribution is 2.30. The number of anilines is 1. The van der Waals surface area contributed by atoms with Gasteiger partial charge in [0.2, 0.25) is 21.8 Å². The summed E-state index contributed by atoms with van der Waals surface area (Å²) in [5.41, 5.74) is 1.94. The molecule has 0 saturated heterocycles. The van der Waals surface area contributed by atoms with Gasteiger partial charge in [-0.1, -0.05) is 68.4 Å². The number of nitrogens with one attached hydrogen (secondary N) is 1. The largest absolute Gasteiger partial charge is 0.495 e. The number of benzene rings is 3. The maximum atomic E-state index is 13.9. The minimum Gasteiger partial charge on any atom is -0.495 e. The maximum absolute atomic E-state index is 13.9. The number of amides is 2. The molecule has 0 aromatic heterocycles. The molecule has 0 saturated carbocycles. The van der Waals surface area contributed by atoms with Crippen LogP contribution < -0.4 is 14.4 Å². The van der Waals surface area contributed by atoms with Crippen molar-refractivity contribution in [2.45, 2.75) is 45.7 Å². The zero-order chi connectivity index (χ0) is 30.7. The molecule has 0 fully saturated rings. The Balaban J connectivity index is 1.89. The standard InChI is InChI=1S/C32H40FN3O5S/c1-24(2)22-34-32(38)29(21-25-11-6-5-7-12-25)35(23-26-16-18-27(33)19-17-26)31(37)15-10-20-36(42(4,39)40)28-13-8-9-14-30(28)41-3/h5-9,11-14,16-19,24,29H,10,15,20-23H2,1-4H3,(H,34,38)/t29-/m1/s1. The lowest BCUT2D eigenvalue weighted by molar-refractivity contribution is -0.141. The Hall–Kier alpha value is -3.92. The number of hydrogen-bond donors (Lipinski definition) is 1. The van der Waals surface area contributed by atoms with Gasteiger partial charge in [-0.15, -0.1) is 0 Å². The SMILES string of the molecule is COc1ccccc1N(CCCC(=O)N(Cc1ccc(F)cc1)[C@H](Cc1ccccc1)C(=O)NCC(C)C)S(C)(=O)=O. The third-order valence-corrected chi connectivity index (χ3v) is 7.91. The molecule has 0 aliphatic rings. The first kappa shape index (κ1) is 32.6. The number of ether oxygens (including phenoxy) is 1. The lowest BCUT2D eigenvalue weighted by Crippen LogP contribution is -2.51. The van der Waals surface area contributed by atoms with Gasteiger partial charge in [-0.3, -0.25) is 13.9 Å². The number of carbonyl (C=O) groups excluding carboxylic acids is 2. The van der Waals surface area contributed by atoms with Crippen LogP contribution in [0.15, 0.2) is 78.9 Å². The molecule has 42 heavy (non-hydrogen) atoms. The van der Waals surface area contributed by atoms with Gasteiger partial charge in [-0.2, -0.15) is 0 Å². The van der Waals surface area contributed by atoms with Crippen molar-refractivity contribution in [1.29, 1.82) is 0 Å². The summed E-state index contributed by atoms with van der Waals surface area (Å²) in [6.07, 6.45) is 1.59. The average Bonchev–Trinajstić information content (AvgIpc) is 2.96. The predicted octanol–water partition coefficient (Wildman–Crippen LogP) is 4.79. The predicted molar refractivity (Wildman–Crippen MR) is 163 cm³/mol. The molecule has 0 radical (unpaired) electrons. The number of halogens is 1. The fourth-order valence-electron chi connectivity index (χ4n) is 4.58. The molecule has 2 amide bonds. The average molecular weight is 598 g/mol. The van der Waals surface area contributed by atoms with Crippen LogP contribution in [0, 0.1) is 11.7 Å². The first-order valence-electron chi connectivity index (χ1n) is 14.0. The van der Waals surface area contributed by atoms with Crippen molar-refractivity contribution >= 4 is 27.5 Å². The third-order valence-electron chi connectivity index (χ3n) is 6.73. The van der Waals surface area contributed by atoms with Crippen LogP contribution in [0.1, 0.15) is 37.8 Å². The van der Waals surface area contributed by atoms with Crippen LogP contribution in [0.3, 0.4) is 0 Å². The normalized spacial score (nSPS) is 12.0. The topological polar surface area (TPSA) is 96.0 Å². The summed E-state index contributed by atoms with van der Waals surface area (Å²) >= 11 is 0. The van der Waals surface area contributed by atoms with Crippen molar-refractivity contribution in [2.75, 3.05) is 30.8 Å². The van der Waals surface area contributed by atoms with E-state index in [2.05, 4.69) is 5.32 Å². The van der Waals surface area contributed by atoms with Gasteiger partial charge < -0.3 is 15.0 Å². The van der Waals surface area contributed by atoms with Gasteiger partial charge in [0.25, 0.3) is 0 Å². The molecule has 226 valence electrons. The van der Waals surface area contributed by atoms with Crippen LogP contribution in [-0.2, 0) is 32.6 Å². The molecule has 3 aromatic rings. The summed E-state index contributed by atoms with van der Waals surface area (Å²) in [6, 6.07) is 21.2. The molecule has 0 unspecified atom stereocenters. The second-order valence-corrected chi connectivity index (χ2v) is 12.5. The maximum Gasteiger partial charge on any atom is 0.243 e. The first-order chi connectivity index (χ1) is 20.0. The molecule has 0 heterocycles. The Kier molecular flexibility index (Phi) is 11.9. The smallest absolute Gasteiger partial charge is 0.243 e. The molecule has 0 aliphatic carbocycles. The molecule has 10 heteroatoms. The van der Waals surface area contributed by atoms with Crippen LogP contribution in [0.2, 0.25) is 0 Å². The van der Waals surface area contributed by atoms with E-state index >= 15 is 0 Å². The van der Waals surface area contributed by atoms with Gasteiger partial charge in [0.05, 0.1) is 19.1 Å². The molecule has 0 bridgehead atoms. The quantitative estimate of drug-likeness (QED) is 0.272. The summed E-state index contributed by atoms with van der Waals surface area (Å²) < 4.78 is 45.6. The highest BCUT2D eigenvalue weighted by Gasteiger charge is 2.31. The van der Waals surface area contributed by atoms with E-state index in [0.29, 0.717) is 23.5 Å². The third kappa shape index (κ3) is 9.58. The summed E-state index contributed by atoms with van der Waals surface area (Å²) in [4.78, 5) is 28.9. The van der Waals surface area contributed by atoms with Crippen LogP contribution >= 0.6 is 0 Å². The summed E-state index contributed by atoms with van der Waals surface area (Å²) in [5.74, 6) is -0.381. The lowest BCUT2D eigenvalue weighted by atomic mass is 10.0. The summed E-state index contributed by atoms with van der Waals surface area (Å²) in [7, 11) is -2.21. The van der Waals surface area contributed by atoms with Gasteiger partial charge >= 0.3 is 0 Å². The van der Waals surface area contributed by atoms with Crippen molar-refractivity contribution in [1.82, 2.24) is 10.2 Å². The molecule has 1 N–H and O–H groups in total. The Morgan fingerprint density at radius 2 is 1.57 bits per heavy atom. The van der Waals surface area contributed by atoms with Gasteiger partial charge in [0.15, 0.2) is 0 Å². The fraction of sp³-hybridized carbons (Fsp3) is 0.375. The van der Waals surface area contributed by atoms with Gasteiger partial charge in [-0.05, 0) is 47.7 Å². The van der Waals surface area contributed by atoms with E-state index in [1.165, 1.54) is 28.4 Å². The number of para-hydroxylation sites is 2. The molecule has 0 aliphatic heterocycles. The van der Waals surface area contributed by atoms with E-state index in [-0.39, 0.29) is 50.1 Å². The number of methoxy groups -OCH3 is 1. The molecular formula is C32H40FN3O5S. The number of nitrogens with zero attached hydrogens (tertiary/aromatic N) is 2. The Morgan fingerprint density at radius 3 is 2.19 bits per heavy atom. The molecule has 3 aromatic carbocycles. The Morgan fingerprint density at radius 1 is 0.929 bits per heavy atom. The van der Waals surface area contributed by atoms with Gasteiger partial charge in [0, 0.05) is 32.5 Å². The van der Waals surface area contributed by atoms with Crippen molar-refractivity contribution in [3.63, 3.8) is 0 Å². The summed E-state index contributed by atoms with van der Waals surface area (Å²) in [6.45, 7) is 4.56. The molecule has 0 spiro atoms. The first-order valence-corrected chi connectivity index (χ1v) is 15.8. The van der Waals surface area contributed by atoms with Crippen LogP contribution in [0.5, 0.6) is 5.75 Å². The zero-order valence-corrected chi connectivity index (χ0v) is 25.4. The van der Waals surface area contributed by atoms with E-state index in [0.717, 1.165) is 11.8 Å². The number of sulfonamides is 1. The van der Waals surface area contributed by atoms with Crippen molar-refractivity contribution < 1.29 is 27.1 Å². The molecule has 8 nitrogen and oxygen atoms in total.